The van der Waals surface area contributed by atoms with Gasteiger partial charge < -0.3 is 15.0 Å². The first-order chi connectivity index (χ1) is 13.5. The first kappa shape index (κ1) is 18.2. The van der Waals surface area contributed by atoms with Gasteiger partial charge in [0.2, 0.25) is 5.91 Å². The number of benzene rings is 2. The zero-order valence-corrected chi connectivity index (χ0v) is 16.5. The second kappa shape index (κ2) is 7.47. The molecular formula is C20H20N4O3S. The Morgan fingerprint density at radius 1 is 1.21 bits per heavy atom. The molecule has 0 aliphatic carbocycles. The Hall–Kier alpha value is -3.13. The van der Waals surface area contributed by atoms with Crippen LogP contribution in [-0.4, -0.2) is 48.6 Å². The lowest BCUT2D eigenvalue weighted by atomic mass is 10.3. The van der Waals surface area contributed by atoms with Crippen molar-refractivity contribution < 1.29 is 14.3 Å². The van der Waals surface area contributed by atoms with Gasteiger partial charge in [-0.3, -0.25) is 9.69 Å². The summed E-state index contributed by atoms with van der Waals surface area (Å²) in [5, 5.41) is 3.84. The summed E-state index contributed by atoms with van der Waals surface area (Å²) in [6.07, 6.45) is 0. The van der Waals surface area contributed by atoms with Crippen LogP contribution >= 0.6 is 11.3 Å². The van der Waals surface area contributed by atoms with Crippen molar-refractivity contribution in [2.45, 2.75) is 6.92 Å². The quantitative estimate of drug-likeness (QED) is 0.716. The number of amides is 3. The Kier molecular flexibility index (Phi) is 4.87. The third-order valence-corrected chi connectivity index (χ3v) is 5.54. The van der Waals surface area contributed by atoms with Gasteiger partial charge in [0.15, 0.2) is 0 Å². The second-order valence-corrected chi connectivity index (χ2v) is 7.75. The van der Waals surface area contributed by atoms with Crippen molar-refractivity contribution in [3.8, 4) is 5.75 Å². The first-order valence-electron chi connectivity index (χ1n) is 8.91. The molecule has 144 valence electrons. The van der Waals surface area contributed by atoms with E-state index in [2.05, 4.69) is 10.3 Å². The molecule has 4 rings (SSSR count). The van der Waals surface area contributed by atoms with Crippen molar-refractivity contribution in [3.63, 3.8) is 0 Å². The Balaban J connectivity index is 1.39. The normalized spacial score (nSPS) is 14.0. The molecule has 0 saturated carbocycles. The lowest BCUT2D eigenvalue weighted by Crippen LogP contribution is -2.37. The zero-order valence-electron chi connectivity index (χ0n) is 15.6. The zero-order chi connectivity index (χ0) is 19.7. The molecule has 0 bridgehead atoms. The van der Waals surface area contributed by atoms with Gasteiger partial charge in [-0.25, -0.2) is 9.78 Å². The lowest BCUT2D eigenvalue weighted by Gasteiger charge is -2.18. The Labute approximate surface area is 166 Å². The fourth-order valence-electron chi connectivity index (χ4n) is 3.23. The van der Waals surface area contributed by atoms with Crippen LogP contribution in [0.5, 0.6) is 5.75 Å². The summed E-state index contributed by atoms with van der Waals surface area (Å²) >= 11 is 1.62. The van der Waals surface area contributed by atoms with Crippen molar-refractivity contribution in [2.24, 2.45) is 0 Å². The van der Waals surface area contributed by atoms with Crippen LogP contribution in [0, 0.1) is 6.92 Å². The topological polar surface area (TPSA) is 74.8 Å². The van der Waals surface area contributed by atoms with E-state index in [0.717, 1.165) is 26.7 Å². The van der Waals surface area contributed by atoms with Crippen LogP contribution < -0.4 is 15.0 Å². The van der Waals surface area contributed by atoms with Crippen LogP contribution in [0.1, 0.15) is 5.01 Å². The predicted molar refractivity (Wildman–Crippen MR) is 110 cm³/mol. The van der Waals surface area contributed by atoms with Crippen LogP contribution in [0.15, 0.2) is 42.5 Å². The predicted octanol–water partition coefficient (Wildman–Crippen LogP) is 3.49. The lowest BCUT2D eigenvalue weighted by molar-refractivity contribution is -0.116. The molecule has 0 spiro atoms. The summed E-state index contributed by atoms with van der Waals surface area (Å²) in [7, 11) is 1.60. The summed E-state index contributed by atoms with van der Waals surface area (Å²) in [4.78, 5) is 32.7. The second-order valence-electron chi connectivity index (χ2n) is 6.52. The number of hydrogen-bond acceptors (Lipinski definition) is 5. The Morgan fingerprint density at radius 3 is 2.75 bits per heavy atom. The highest BCUT2D eigenvalue weighted by Gasteiger charge is 2.30. The van der Waals surface area contributed by atoms with Crippen LogP contribution in [0.2, 0.25) is 0 Å². The number of carbonyl (C=O) groups is 2. The minimum atomic E-state index is -0.226. The number of hydrogen-bond donors (Lipinski definition) is 1. The number of anilines is 2. The number of nitrogens with zero attached hydrogens (tertiary/aromatic N) is 3. The SMILES string of the molecule is COc1ccc(N2CCN(CC(=O)Nc3ccc4sc(C)nc4c3)C2=O)cc1. The molecule has 0 unspecified atom stereocenters. The largest absolute Gasteiger partial charge is 0.497 e. The van der Waals surface area contributed by atoms with Crippen molar-refractivity contribution in [1.82, 2.24) is 9.88 Å². The molecule has 2 aromatic carbocycles. The van der Waals surface area contributed by atoms with E-state index in [1.165, 1.54) is 0 Å². The van der Waals surface area contributed by atoms with E-state index in [1.807, 2.05) is 49.4 Å². The average Bonchev–Trinajstić information content (AvgIpc) is 3.23. The van der Waals surface area contributed by atoms with E-state index in [-0.39, 0.29) is 18.5 Å². The van der Waals surface area contributed by atoms with Gasteiger partial charge in [0.1, 0.15) is 12.3 Å². The molecule has 3 amide bonds. The van der Waals surface area contributed by atoms with Crippen LogP contribution in [0.3, 0.4) is 0 Å². The Bertz CT molecular complexity index is 1030. The van der Waals surface area contributed by atoms with Crippen LogP contribution in [-0.2, 0) is 4.79 Å². The van der Waals surface area contributed by atoms with E-state index < -0.39 is 0 Å². The summed E-state index contributed by atoms with van der Waals surface area (Å²) in [6, 6.07) is 12.8. The smallest absolute Gasteiger partial charge is 0.325 e. The standard InChI is InChI=1S/C20H20N4O3S/c1-13-21-17-11-14(3-8-18(17)28-13)22-19(25)12-23-9-10-24(20(23)26)15-4-6-16(27-2)7-5-15/h3-8,11H,9-10,12H2,1-2H3,(H,22,25). The number of aromatic nitrogens is 1. The molecule has 1 aliphatic rings. The maximum Gasteiger partial charge on any atom is 0.325 e. The average molecular weight is 396 g/mol. The maximum absolute atomic E-state index is 12.7. The van der Waals surface area contributed by atoms with Crippen molar-refractivity contribution in [1.29, 1.82) is 0 Å². The van der Waals surface area contributed by atoms with Crippen molar-refractivity contribution in [3.05, 3.63) is 47.5 Å². The molecule has 1 saturated heterocycles. The van der Waals surface area contributed by atoms with Gasteiger partial charge in [-0.15, -0.1) is 11.3 Å². The molecule has 28 heavy (non-hydrogen) atoms. The molecule has 1 fully saturated rings. The number of ether oxygens (including phenoxy) is 1. The number of aryl methyl sites for hydroxylation is 1. The van der Waals surface area contributed by atoms with E-state index in [9.17, 15) is 9.59 Å². The summed E-state index contributed by atoms with van der Waals surface area (Å²) in [5.74, 6) is 0.509. The minimum absolute atomic E-state index is 0.0135. The van der Waals surface area contributed by atoms with Crippen molar-refractivity contribution in [2.75, 3.05) is 37.0 Å². The van der Waals surface area contributed by atoms with E-state index in [1.54, 1.807) is 28.2 Å². The van der Waals surface area contributed by atoms with Crippen LogP contribution in [0.25, 0.3) is 10.2 Å². The number of nitrogens with one attached hydrogen (secondary N) is 1. The van der Waals surface area contributed by atoms with Gasteiger partial charge in [-0.2, -0.15) is 0 Å². The summed E-state index contributed by atoms with van der Waals surface area (Å²) in [6.45, 7) is 3.02. The van der Waals surface area contributed by atoms with E-state index >= 15 is 0 Å². The monoisotopic (exact) mass is 396 g/mol. The number of thiazole rings is 1. The number of fused-ring (bicyclic) bond motifs is 1. The molecule has 2 heterocycles. The highest BCUT2D eigenvalue weighted by molar-refractivity contribution is 7.18. The van der Waals surface area contributed by atoms with Crippen molar-refractivity contribution >= 4 is 44.9 Å². The third kappa shape index (κ3) is 3.63. The molecule has 0 atom stereocenters. The van der Waals surface area contributed by atoms with Gasteiger partial charge in [-0.05, 0) is 49.4 Å². The third-order valence-electron chi connectivity index (χ3n) is 4.59. The minimum Gasteiger partial charge on any atom is -0.497 e. The van der Waals surface area contributed by atoms with E-state index in [0.29, 0.717) is 18.8 Å². The number of urea groups is 1. The number of methoxy groups -OCH3 is 1. The number of rotatable bonds is 5. The summed E-state index contributed by atoms with van der Waals surface area (Å²) in [5.41, 5.74) is 2.34. The van der Waals surface area contributed by atoms with Gasteiger partial charge in [-0.1, -0.05) is 0 Å². The van der Waals surface area contributed by atoms with Gasteiger partial charge >= 0.3 is 6.03 Å². The highest BCUT2D eigenvalue weighted by Crippen LogP contribution is 2.25. The summed E-state index contributed by atoms with van der Waals surface area (Å²) < 4.78 is 6.23. The van der Waals surface area contributed by atoms with Gasteiger partial charge in [0.05, 0.1) is 22.3 Å². The first-order valence-corrected chi connectivity index (χ1v) is 9.73. The molecule has 0 radical (unpaired) electrons. The molecule has 1 aliphatic heterocycles. The van der Waals surface area contributed by atoms with Gasteiger partial charge in [0, 0.05) is 24.5 Å². The molecule has 7 nitrogen and oxygen atoms in total. The van der Waals surface area contributed by atoms with E-state index in [4.69, 9.17) is 4.74 Å². The molecule has 8 heteroatoms. The molecule has 1 N–H and O–H groups in total. The highest BCUT2D eigenvalue weighted by atomic mass is 32.1. The van der Waals surface area contributed by atoms with Gasteiger partial charge in [0.25, 0.3) is 0 Å². The maximum atomic E-state index is 12.7. The number of carbonyl (C=O) groups excluding carboxylic acids is 2. The fraction of sp³-hybridized carbons (Fsp3) is 0.250. The Morgan fingerprint density at radius 2 is 2.00 bits per heavy atom. The molecule has 1 aromatic heterocycles. The molecule has 3 aromatic rings. The fourth-order valence-corrected chi connectivity index (χ4v) is 4.03. The van der Waals surface area contributed by atoms with Crippen LogP contribution in [0.4, 0.5) is 16.2 Å². The molecular weight excluding hydrogens is 376 g/mol.